The third-order valence-electron chi connectivity index (χ3n) is 7.05. The molecule has 0 radical (unpaired) electrons. The molecule has 42 heavy (non-hydrogen) atoms. The van der Waals surface area contributed by atoms with Crippen LogP contribution in [0.4, 0.5) is 10.1 Å². The first-order valence-electron chi connectivity index (χ1n) is 13.6. The van der Waals surface area contributed by atoms with Gasteiger partial charge in [0.25, 0.3) is 5.91 Å². The van der Waals surface area contributed by atoms with E-state index in [0.717, 1.165) is 12.8 Å². The van der Waals surface area contributed by atoms with E-state index < -0.39 is 11.7 Å². The van der Waals surface area contributed by atoms with Crippen molar-refractivity contribution in [1.82, 2.24) is 19.7 Å². The van der Waals surface area contributed by atoms with E-state index in [1.165, 1.54) is 33.3 Å². The lowest BCUT2D eigenvalue weighted by atomic mass is 10.1. The van der Waals surface area contributed by atoms with Gasteiger partial charge in [-0.2, -0.15) is 5.10 Å². The van der Waals surface area contributed by atoms with E-state index in [2.05, 4.69) is 15.4 Å². The number of pyridine rings is 1. The van der Waals surface area contributed by atoms with Gasteiger partial charge in [0.05, 0.1) is 44.3 Å². The molecule has 0 aliphatic carbocycles. The van der Waals surface area contributed by atoms with Gasteiger partial charge in [0.2, 0.25) is 5.91 Å². The highest BCUT2D eigenvalue weighted by Gasteiger charge is 2.27. The Bertz CT molecular complexity index is 1620. The van der Waals surface area contributed by atoms with Gasteiger partial charge in [-0.1, -0.05) is 0 Å². The quantitative estimate of drug-likeness (QED) is 0.288. The molecule has 1 aliphatic rings. The molecule has 1 aliphatic heterocycles. The zero-order chi connectivity index (χ0) is 29.8. The zero-order valence-corrected chi connectivity index (χ0v) is 23.8. The van der Waals surface area contributed by atoms with Crippen LogP contribution in [0, 0.1) is 5.82 Å². The summed E-state index contributed by atoms with van der Waals surface area (Å²) < 4.78 is 39.2. The summed E-state index contributed by atoms with van der Waals surface area (Å²) >= 11 is 0. The van der Waals surface area contributed by atoms with E-state index in [4.69, 9.17) is 18.9 Å². The molecule has 4 aromatic rings. The molecule has 1 fully saturated rings. The summed E-state index contributed by atoms with van der Waals surface area (Å²) in [6.07, 6.45) is 4.87. The number of anilines is 1. The van der Waals surface area contributed by atoms with Crippen LogP contribution in [-0.4, -0.2) is 65.4 Å². The molecular weight excluding hydrogens is 545 g/mol. The smallest absolute Gasteiger partial charge is 0.280 e. The number of carbonyl (C=O) groups excluding carboxylic acids is 2. The number of hydrogen-bond donors (Lipinski definition) is 1. The Morgan fingerprint density at radius 2 is 1.86 bits per heavy atom. The molecule has 5 rings (SSSR count). The number of nitrogens with zero attached hydrogens (tertiary/aromatic N) is 4. The van der Waals surface area contributed by atoms with Crippen LogP contribution in [0.15, 0.2) is 48.8 Å². The minimum absolute atomic E-state index is 0.00479. The van der Waals surface area contributed by atoms with E-state index in [1.54, 1.807) is 53.2 Å². The fraction of sp³-hybridized carbons (Fsp3) is 0.333. The van der Waals surface area contributed by atoms with Crippen molar-refractivity contribution in [3.63, 3.8) is 0 Å². The maximum atomic E-state index is 15.2. The van der Waals surface area contributed by atoms with Gasteiger partial charge >= 0.3 is 0 Å². The Morgan fingerprint density at radius 3 is 2.57 bits per heavy atom. The van der Waals surface area contributed by atoms with Gasteiger partial charge in [0.1, 0.15) is 17.3 Å². The van der Waals surface area contributed by atoms with Crippen LogP contribution < -0.4 is 24.3 Å². The number of amides is 2. The van der Waals surface area contributed by atoms with Crippen molar-refractivity contribution in [2.45, 2.75) is 32.7 Å². The van der Waals surface area contributed by atoms with Crippen molar-refractivity contribution in [2.75, 3.05) is 39.2 Å². The van der Waals surface area contributed by atoms with E-state index in [1.807, 2.05) is 0 Å². The van der Waals surface area contributed by atoms with Crippen molar-refractivity contribution in [3.8, 4) is 28.7 Å². The van der Waals surface area contributed by atoms with Gasteiger partial charge in [-0.3, -0.25) is 19.3 Å². The summed E-state index contributed by atoms with van der Waals surface area (Å²) in [5.41, 5.74) is 0.598. The van der Waals surface area contributed by atoms with Crippen LogP contribution in [0.5, 0.6) is 28.7 Å². The lowest BCUT2D eigenvalue weighted by Gasteiger charge is -2.32. The molecule has 1 unspecified atom stereocenters. The average molecular weight is 578 g/mol. The monoisotopic (exact) mass is 577 g/mol. The van der Waals surface area contributed by atoms with E-state index >= 15 is 4.39 Å². The number of fused-ring (bicyclic) bond motifs is 1. The molecule has 12 heteroatoms. The molecule has 1 N–H and O–H groups in total. The molecule has 1 saturated heterocycles. The first kappa shape index (κ1) is 28.7. The van der Waals surface area contributed by atoms with Crippen LogP contribution in [0.1, 0.15) is 43.2 Å². The highest BCUT2D eigenvalue weighted by molar-refractivity contribution is 6.04. The number of nitrogens with one attached hydrogen (secondary N) is 1. The summed E-state index contributed by atoms with van der Waals surface area (Å²) in [5.74, 6) is 0.650. The van der Waals surface area contributed by atoms with Crippen LogP contribution in [-0.2, 0) is 4.79 Å². The van der Waals surface area contributed by atoms with Crippen LogP contribution in [0.2, 0.25) is 0 Å². The van der Waals surface area contributed by atoms with Crippen molar-refractivity contribution in [3.05, 3.63) is 60.3 Å². The zero-order valence-electron chi connectivity index (χ0n) is 23.8. The second-order valence-electron chi connectivity index (χ2n) is 9.75. The minimum atomic E-state index is -0.694. The second kappa shape index (κ2) is 12.3. The number of benzene rings is 2. The van der Waals surface area contributed by atoms with Gasteiger partial charge < -0.3 is 29.2 Å². The number of likely N-dealkylation sites (tertiary alicyclic amines) is 1. The number of piperidine rings is 1. The third kappa shape index (κ3) is 5.92. The Balaban J connectivity index is 1.35. The highest BCUT2D eigenvalue weighted by atomic mass is 19.1. The van der Waals surface area contributed by atoms with E-state index in [9.17, 15) is 9.59 Å². The SMILES string of the molecule is CCOc1cn(C2CCCN(C(C)=O)C2)nc1C(=O)Nc1ccc(Oc2ccnc3cc(OC)c(OC)cc23)cc1F. The molecule has 0 saturated carbocycles. The predicted octanol–water partition coefficient (Wildman–Crippen LogP) is 5.21. The van der Waals surface area contributed by atoms with Gasteiger partial charge in [-0.05, 0) is 44.0 Å². The summed E-state index contributed by atoms with van der Waals surface area (Å²) in [6.45, 7) is 4.84. The molecule has 2 aromatic carbocycles. The average Bonchev–Trinajstić information content (AvgIpc) is 3.42. The summed E-state index contributed by atoms with van der Waals surface area (Å²) in [6, 6.07) is 9.18. The molecule has 2 aromatic heterocycles. The summed E-state index contributed by atoms with van der Waals surface area (Å²) in [5, 5.41) is 7.71. The topological polar surface area (TPSA) is 117 Å². The predicted molar refractivity (Wildman–Crippen MR) is 153 cm³/mol. The number of methoxy groups -OCH3 is 2. The number of carbonyl (C=O) groups is 2. The second-order valence-corrected chi connectivity index (χ2v) is 9.75. The number of ether oxygens (including phenoxy) is 4. The fourth-order valence-corrected chi connectivity index (χ4v) is 4.94. The molecule has 0 spiro atoms. The van der Waals surface area contributed by atoms with Gasteiger partial charge in [0.15, 0.2) is 22.9 Å². The van der Waals surface area contributed by atoms with E-state index in [-0.39, 0.29) is 34.8 Å². The lowest BCUT2D eigenvalue weighted by Crippen LogP contribution is -2.39. The maximum absolute atomic E-state index is 15.2. The molecule has 220 valence electrons. The lowest BCUT2D eigenvalue weighted by molar-refractivity contribution is -0.130. The summed E-state index contributed by atoms with van der Waals surface area (Å²) in [4.78, 5) is 31.2. The van der Waals surface area contributed by atoms with Crippen molar-refractivity contribution >= 4 is 28.4 Å². The number of aromatic nitrogens is 3. The first-order chi connectivity index (χ1) is 20.3. The number of rotatable bonds is 9. The Labute approximate surface area is 242 Å². The Morgan fingerprint density at radius 1 is 1.07 bits per heavy atom. The normalized spacial score (nSPS) is 14.9. The third-order valence-corrected chi connectivity index (χ3v) is 7.05. The van der Waals surface area contributed by atoms with Crippen molar-refractivity contribution in [2.24, 2.45) is 0 Å². The van der Waals surface area contributed by atoms with Crippen molar-refractivity contribution in [1.29, 1.82) is 0 Å². The van der Waals surface area contributed by atoms with Gasteiger partial charge in [-0.15, -0.1) is 0 Å². The number of halogens is 1. The van der Waals surface area contributed by atoms with Crippen LogP contribution >= 0.6 is 0 Å². The standard InChI is InChI=1S/C30H32FN5O6/c1-5-41-28-17-36(19-7-6-12-35(16-19)18(2)37)34-29(28)30(38)33-23-9-8-20(13-22(23)31)42-25-10-11-32-24-15-27(40-4)26(39-3)14-21(24)25/h8-11,13-15,17,19H,5-7,12,16H2,1-4H3,(H,33,38). The van der Waals surface area contributed by atoms with Crippen LogP contribution in [0.3, 0.4) is 0 Å². The van der Waals surface area contributed by atoms with E-state index in [0.29, 0.717) is 47.8 Å². The summed E-state index contributed by atoms with van der Waals surface area (Å²) in [7, 11) is 3.07. The highest BCUT2D eigenvalue weighted by Crippen LogP contribution is 2.37. The molecule has 2 amide bonds. The molecule has 3 heterocycles. The maximum Gasteiger partial charge on any atom is 0.280 e. The molecule has 1 atom stereocenters. The van der Waals surface area contributed by atoms with Crippen molar-refractivity contribution < 1.29 is 32.9 Å². The first-order valence-corrected chi connectivity index (χ1v) is 13.6. The largest absolute Gasteiger partial charge is 0.493 e. The number of hydrogen-bond acceptors (Lipinski definition) is 8. The molecule has 11 nitrogen and oxygen atoms in total. The van der Waals surface area contributed by atoms with Gasteiger partial charge in [0, 0.05) is 43.7 Å². The fourth-order valence-electron chi connectivity index (χ4n) is 4.94. The molecule has 0 bridgehead atoms. The van der Waals surface area contributed by atoms with Gasteiger partial charge in [-0.25, -0.2) is 4.39 Å². The Hall–Kier alpha value is -4.87. The minimum Gasteiger partial charge on any atom is -0.493 e. The Kier molecular flexibility index (Phi) is 8.41. The van der Waals surface area contributed by atoms with Crippen LogP contribution in [0.25, 0.3) is 10.9 Å². The molecular formula is C30H32FN5O6.